The summed E-state index contributed by atoms with van der Waals surface area (Å²) >= 11 is 0. The smallest absolute Gasteiger partial charge is 0.361 e. The number of aliphatic carboxylic acids is 1. The van der Waals surface area contributed by atoms with Crippen molar-refractivity contribution in [1.29, 1.82) is 0 Å². The molecule has 0 aliphatic rings. The van der Waals surface area contributed by atoms with Crippen LogP contribution in [0.4, 0.5) is 0 Å². The average Bonchev–Trinajstić information content (AvgIpc) is 3.44. The third-order valence-corrected chi connectivity index (χ3v) is 12.5. The van der Waals surface area contributed by atoms with E-state index in [0.29, 0.717) is 23.9 Å². The van der Waals surface area contributed by atoms with Gasteiger partial charge in [0.2, 0.25) is 0 Å². The lowest BCUT2D eigenvalue weighted by Crippen LogP contribution is -2.40. The first kappa shape index (κ1) is 75.7. The second-order valence-electron chi connectivity index (χ2n) is 21.2. The summed E-state index contributed by atoms with van der Waals surface area (Å²) in [5.41, 5.74) is 0. The normalized spacial score (nSPS) is 13.9. The van der Waals surface area contributed by atoms with Gasteiger partial charge in [-0.25, -0.2) is 4.79 Å². The van der Waals surface area contributed by atoms with Crippen molar-refractivity contribution >= 4 is 17.9 Å². The van der Waals surface area contributed by atoms with Crippen LogP contribution in [0.25, 0.3) is 0 Å². The number of unbranched alkanes of at least 4 members (excludes halogenated alkanes) is 12. The van der Waals surface area contributed by atoms with E-state index in [0.717, 1.165) is 122 Å². The first-order chi connectivity index (χ1) is 39.6. The number of carboxylic acid groups (broad SMARTS) is 1. The Morgan fingerprint density at radius 3 is 1.02 bits per heavy atom. The minimum absolute atomic E-state index is 0.168. The molecule has 2 unspecified atom stereocenters. The first-order valence-corrected chi connectivity index (χ1v) is 31.3. The molecule has 0 amide bonds. The number of ether oxygens (including phenoxy) is 4. The molecule has 0 aliphatic heterocycles. The monoisotopic (exact) mass is 1120 g/mol. The zero-order valence-electron chi connectivity index (χ0n) is 51.6. The van der Waals surface area contributed by atoms with Crippen molar-refractivity contribution in [1.82, 2.24) is 0 Å². The number of nitrogens with zero attached hydrogens (tertiary/aromatic N) is 1. The summed E-state index contributed by atoms with van der Waals surface area (Å²) in [7, 11) is 5.94. The van der Waals surface area contributed by atoms with E-state index in [-0.39, 0.29) is 32.7 Å². The zero-order chi connectivity index (χ0) is 59.1. The van der Waals surface area contributed by atoms with Crippen LogP contribution in [0.1, 0.15) is 206 Å². The number of esters is 2. The summed E-state index contributed by atoms with van der Waals surface area (Å²) < 4.78 is 22.8. The molecule has 0 heterocycles. The van der Waals surface area contributed by atoms with Crippen LogP contribution >= 0.6 is 0 Å². The van der Waals surface area contributed by atoms with Gasteiger partial charge in [-0.15, -0.1) is 0 Å². The molecule has 0 aromatic carbocycles. The van der Waals surface area contributed by atoms with Crippen LogP contribution < -0.4 is 0 Å². The Morgan fingerprint density at radius 1 is 0.370 bits per heavy atom. The topological polar surface area (TPSA) is 108 Å². The van der Waals surface area contributed by atoms with E-state index < -0.39 is 30.3 Å². The molecular formula is C72H114NO8+. The number of rotatable bonds is 55. The molecule has 2 atom stereocenters. The SMILES string of the molecule is CC/C=C\C/C=C\C/C=C\C/C=C\C/C=C\C/C=C\C/C=C\CCCCCCCCCCCCCC(=O)OC(COC(=O)CCC/C=C\C/C=C\C/C=C\C/C=C\C/C=C\C/C=C\C/C=C\CC)COC(OCC[N+](C)(C)C)C(=O)O. The Morgan fingerprint density at radius 2 is 0.679 bits per heavy atom. The molecular weight excluding hydrogens is 1010 g/mol. The standard InChI is InChI=1S/C72H113NO8/c1-6-8-10-12-14-16-18-20-22-24-26-28-30-31-32-33-34-35-36-37-38-39-41-43-45-47-49-51-53-55-57-59-61-63-70(75)81-68(67-80-72(71(76)77)78-65-64-73(3,4)5)66-79-69(74)62-60-58-56-54-52-50-48-46-44-42-40-29-27-25-23-21-19-17-15-13-11-9-7-2/h8-11,14-17,20-23,26-29,31-32,34-35,37-38,42,44,48,50,54,56,68,72H,6-7,12-13,18-19,24-25,30,33,36,39-41,43,45-47,49,51-53,55,57-67H2,1-5H3/p+1/b10-8-,11-9-,16-14-,17-15-,22-20-,23-21-,28-26-,29-27-,32-31-,35-34-,38-37-,44-42-,50-48-,56-54-. The zero-order valence-corrected chi connectivity index (χ0v) is 51.6. The maximum absolute atomic E-state index is 12.9. The summed E-state index contributed by atoms with van der Waals surface area (Å²) in [4.78, 5) is 37.5. The van der Waals surface area contributed by atoms with E-state index in [1.807, 2.05) is 21.1 Å². The van der Waals surface area contributed by atoms with Gasteiger partial charge >= 0.3 is 17.9 Å². The van der Waals surface area contributed by atoms with E-state index in [1.54, 1.807) is 0 Å². The highest BCUT2D eigenvalue weighted by Gasteiger charge is 2.25. The highest BCUT2D eigenvalue weighted by Crippen LogP contribution is 2.14. The van der Waals surface area contributed by atoms with E-state index in [9.17, 15) is 19.5 Å². The quantitative estimate of drug-likeness (QED) is 0.0211. The van der Waals surface area contributed by atoms with Crippen molar-refractivity contribution in [3.05, 3.63) is 170 Å². The molecule has 0 saturated heterocycles. The minimum Gasteiger partial charge on any atom is -0.477 e. The maximum Gasteiger partial charge on any atom is 0.361 e. The van der Waals surface area contributed by atoms with Gasteiger partial charge in [-0.1, -0.05) is 242 Å². The lowest BCUT2D eigenvalue weighted by Gasteiger charge is -2.25. The number of carboxylic acids is 1. The first-order valence-electron chi connectivity index (χ1n) is 31.3. The molecule has 0 fully saturated rings. The lowest BCUT2D eigenvalue weighted by molar-refractivity contribution is -0.870. The van der Waals surface area contributed by atoms with Gasteiger partial charge in [-0.2, -0.15) is 0 Å². The van der Waals surface area contributed by atoms with Gasteiger partial charge in [0.1, 0.15) is 13.2 Å². The molecule has 0 aliphatic carbocycles. The van der Waals surface area contributed by atoms with Crippen LogP contribution in [0, 0.1) is 0 Å². The third kappa shape index (κ3) is 62.1. The van der Waals surface area contributed by atoms with Gasteiger partial charge in [0.05, 0.1) is 34.4 Å². The molecule has 9 heteroatoms. The fraction of sp³-hybridized carbons (Fsp3) is 0.569. The van der Waals surface area contributed by atoms with Crippen molar-refractivity contribution < 1.29 is 42.9 Å². The van der Waals surface area contributed by atoms with Crippen molar-refractivity contribution in [2.45, 2.75) is 219 Å². The molecule has 0 rings (SSSR count). The Balaban J connectivity index is 4.32. The second-order valence-corrected chi connectivity index (χ2v) is 21.2. The number of carbonyl (C=O) groups is 3. The number of hydrogen-bond donors (Lipinski definition) is 1. The maximum atomic E-state index is 12.9. The van der Waals surface area contributed by atoms with Crippen LogP contribution in [0.3, 0.4) is 0 Å². The van der Waals surface area contributed by atoms with E-state index in [1.165, 1.54) is 44.9 Å². The molecule has 0 spiro atoms. The highest BCUT2D eigenvalue weighted by molar-refractivity contribution is 5.71. The van der Waals surface area contributed by atoms with Crippen molar-refractivity contribution in [2.24, 2.45) is 0 Å². The van der Waals surface area contributed by atoms with Gasteiger partial charge in [-0.05, 0) is 122 Å². The molecule has 0 saturated carbocycles. The van der Waals surface area contributed by atoms with Crippen LogP contribution in [0.15, 0.2) is 170 Å². The average molecular weight is 1120 g/mol. The number of hydrogen-bond acceptors (Lipinski definition) is 7. The summed E-state index contributed by atoms with van der Waals surface area (Å²) in [6, 6.07) is 0. The van der Waals surface area contributed by atoms with Gasteiger partial charge in [0, 0.05) is 12.8 Å². The second kappa shape index (κ2) is 60.7. The highest BCUT2D eigenvalue weighted by atomic mass is 16.7. The Kier molecular flexibility index (Phi) is 56.7. The summed E-state index contributed by atoms with van der Waals surface area (Å²) in [5, 5.41) is 9.72. The molecule has 9 nitrogen and oxygen atoms in total. The largest absolute Gasteiger partial charge is 0.477 e. The van der Waals surface area contributed by atoms with Crippen LogP contribution in [0.2, 0.25) is 0 Å². The third-order valence-electron chi connectivity index (χ3n) is 12.5. The predicted octanol–water partition coefficient (Wildman–Crippen LogP) is 19.1. The number of likely N-dealkylation sites (N-methyl/N-ethyl adjacent to an activating group) is 1. The van der Waals surface area contributed by atoms with E-state index >= 15 is 0 Å². The van der Waals surface area contributed by atoms with Gasteiger partial charge < -0.3 is 28.5 Å². The van der Waals surface area contributed by atoms with Crippen molar-refractivity contribution in [3.8, 4) is 0 Å². The van der Waals surface area contributed by atoms with Gasteiger partial charge in [0.15, 0.2) is 6.10 Å². The van der Waals surface area contributed by atoms with Gasteiger partial charge in [0.25, 0.3) is 6.29 Å². The Hall–Kier alpha value is -5.35. The van der Waals surface area contributed by atoms with Crippen LogP contribution in [-0.2, 0) is 33.3 Å². The summed E-state index contributed by atoms with van der Waals surface area (Å²) in [6.45, 7) is 4.55. The Bertz CT molecular complexity index is 1930. The Labute approximate surface area is 495 Å². The summed E-state index contributed by atoms with van der Waals surface area (Å²) in [6.07, 6.45) is 88.7. The molecule has 0 aromatic heterocycles. The molecule has 0 radical (unpaired) electrons. The number of quaternary nitrogens is 1. The number of allylic oxidation sites excluding steroid dienone is 28. The minimum atomic E-state index is -1.54. The van der Waals surface area contributed by atoms with Crippen LogP contribution in [-0.4, -0.2) is 87.4 Å². The summed E-state index contributed by atoms with van der Waals surface area (Å²) in [5.74, 6) is -2.11. The van der Waals surface area contributed by atoms with Crippen molar-refractivity contribution in [2.75, 3.05) is 47.5 Å². The fourth-order valence-corrected chi connectivity index (χ4v) is 7.75. The fourth-order valence-electron chi connectivity index (χ4n) is 7.75. The van der Waals surface area contributed by atoms with Crippen LogP contribution in [0.5, 0.6) is 0 Å². The number of carbonyl (C=O) groups excluding carboxylic acids is 2. The molecule has 0 bridgehead atoms. The molecule has 0 aromatic rings. The van der Waals surface area contributed by atoms with E-state index in [2.05, 4.69) is 184 Å². The van der Waals surface area contributed by atoms with Crippen molar-refractivity contribution in [3.63, 3.8) is 0 Å². The molecule has 81 heavy (non-hydrogen) atoms. The molecule has 1 N–H and O–H groups in total. The predicted molar refractivity (Wildman–Crippen MR) is 345 cm³/mol. The van der Waals surface area contributed by atoms with E-state index in [4.69, 9.17) is 18.9 Å². The lowest BCUT2D eigenvalue weighted by atomic mass is 10.0. The molecule has 454 valence electrons. The van der Waals surface area contributed by atoms with Gasteiger partial charge in [-0.3, -0.25) is 9.59 Å².